The fourth-order valence-corrected chi connectivity index (χ4v) is 5.06. The van der Waals surface area contributed by atoms with Gasteiger partial charge in [0.05, 0.1) is 21.1 Å². The third-order valence-corrected chi connectivity index (χ3v) is 6.70. The van der Waals surface area contributed by atoms with E-state index in [1.165, 1.54) is 22.1 Å². The number of amides is 1. The van der Waals surface area contributed by atoms with E-state index in [9.17, 15) is 14.4 Å². The first-order valence-corrected chi connectivity index (χ1v) is 10.8. The number of carbonyl (C=O) groups is 1. The summed E-state index contributed by atoms with van der Waals surface area (Å²) in [4.78, 5) is 44.0. The van der Waals surface area contributed by atoms with Crippen molar-refractivity contribution in [3.63, 3.8) is 0 Å². The van der Waals surface area contributed by atoms with Crippen molar-refractivity contribution >= 4 is 38.4 Å². The molecule has 0 aliphatic carbocycles. The van der Waals surface area contributed by atoms with Gasteiger partial charge in [0.25, 0.3) is 11.1 Å². The number of carbonyl (C=O) groups excluding carboxylic acids is 1. The van der Waals surface area contributed by atoms with Crippen LogP contribution in [0.3, 0.4) is 0 Å². The van der Waals surface area contributed by atoms with Crippen LogP contribution >= 0.6 is 11.3 Å². The SMILES string of the molecule is Cc1c2c(=O)n(-c3nc4ccccc4s3)[nH]c2cc(=O)n1CCCN1CCCC1=O. The van der Waals surface area contributed by atoms with Crippen LogP contribution in [-0.2, 0) is 11.3 Å². The highest BCUT2D eigenvalue weighted by molar-refractivity contribution is 7.20. The molecule has 0 spiro atoms. The number of likely N-dealkylation sites (tertiary alicyclic amines) is 1. The molecule has 1 aliphatic heterocycles. The molecular formula is C21H21N5O3S. The van der Waals surface area contributed by atoms with Gasteiger partial charge in [0.1, 0.15) is 0 Å². The Labute approximate surface area is 175 Å². The van der Waals surface area contributed by atoms with Crippen molar-refractivity contribution in [3.8, 4) is 5.13 Å². The molecule has 1 N–H and O–H groups in total. The van der Waals surface area contributed by atoms with Gasteiger partial charge in [-0.25, -0.2) is 4.98 Å². The highest BCUT2D eigenvalue weighted by Gasteiger charge is 2.20. The predicted octanol–water partition coefficient (Wildman–Crippen LogP) is 2.41. The lowest BCUT2D eigenvalue weighted by Gasteiger charge is -2.16. The van der Waals surface area contributed by atoms with Crippen molar-refractivity contribution in [1.82, 2.24) is 24.2 Å². The number of H-pyrrole nitrogens is 1. The largest absolute Gasteiger partial charge is 0.343 e. The molecule has 9 heteroatoms. The van der Waals surface area contributed by atoms with Gasteiger partial charge in [-0.15, -0.1) is 0 Å². The smallest absolute Gasteiger partial charge is 0.282 e. The maximum Gasteiger partial charge on any atom is 0.282 e. The number of pyridine rings is 1. The van der Waals surface area contributed by atoms with Gasteiger partial charge in [0.15, 0.2) is 0 Å². The normalized spacial score (nSPS) is 14.4. The van der Waals surface area contributed by atoms with Crippen molar-refractivity contribution in [2.24, 2.45) is 0 Å². The van der Waals surface area contributed by atoms with Crippen molar-refractivity contribution in [2.45, 2.75) is 32.7 Å². The highest BCUT2D eigenvalue weighted by atomic mass is 32.1. The second-order valence-corrected chi connectivity index (χ2v) is 8.57. The topological polar surface area (TPSA) is 93.0 Å². The van der Waals surface area contributed by atoms with Gasteiger partial charge in [-0.3, -0.25) is 19.5 Å². The van der Waals surface area contributed by atoms with E-state index in [-0.39, 0.29) is 17.0 Å². The molecule has 0 bridgehead atoms. The molecule has 5 rings (SSSR count). The van der Waals surface area contributed by atoms with Gasteiger partial charge >= 0.3 is 0 Å². The van der Waals surface area contributed by atoms with Crippen LogP contribution in [-0.4, -0.2) is 43.2 Å². The van der Waals surface area contributed by atoms with Crippen molar-refractivity contribution in [3.05, 3.63) is 56.7 Å². The number of aromatic amines is 1. The van der Waals surface area contributed by atoms with Crippen LogP contribution < -0.4 is 11.1 Å². The average Bonchev–Trinajstić information content (AvgIpc) is 3.41. The summed E-state index contributed by atoms with van der Waals surface area (Å²) in [6.07, 6.45) is 2.19. The molecule has 1 saturated heterocycles. The maximum atomic E-state index is 13.1. The number of hydrogen-bond acceptors (Lipinski definition) is 5. The zero-order valence-corrected chi connectivity index (χ0v) is 17.4. The molecule has 1 aliphatic rings. The number of hydrogen-bond donors (Lipinski definition) is 1. The zero-order chi connectivity index (χ0) is 20.8. The Morgan fingerprint density at radius 2 is 2.00 bits per heavy atom. The minimum Gasteiger partial charge on any atom is -0.343 e. The third kappa shape index (κ3) is 3.06. The van der Waals surface area contributed by atoms with Crippen LogP contribution in [0.1, 0.15) is 25.0 Å². The molecule has 4 heterocycles. The number of fused-ring (bicyclic) bond motifs is 2. The maximum absolute atomic E-state index is 13.1. The van der Waals surface area contributed by atoms with Gasteiger partial charge in [0.2, 0.25) is 11.0 Å². The second-order valence-electron chi connectivity index (χ2n) is 7.56. The lowest BCUT2D eigenvalue weighted by molar-refractivity contribution is -0.127. The summed E-state index contributed by atoms with van der Waals surface area (Å²) in [6.45, 7) is 3.68. The van der Waals surface area contributed by atoms with E-state index in [0.29, 0.717) is 47.7 Å². The third-order valence-electron chi connectivity index (χ3n) is 5.67. The number of para-hydroxylation sites is 1. The van der Waals surface area contributed by atoms with Crippen LogP contribution in [0, 0.1) is 6.92 Å². The molecule has 1 aromatic carbocycles. The molecule has 8 nitrogen and oxygen atoms in total. The molecule has 3 aromatic heterocycles. The molecule has 1 fully saturated rings. The van der Waals surface area contributed by atoms with Crippen molar-refractivity contribution in [1.29, 1.82) is 0 Å². The number of nitrogens with one attached hydrogen (secondary N) is 1. The number of thiazole rings is 1. The number of rotatable bonds is 5. The lowest BCUT2D eigenvalue weighted by atomic mass is 10.2. The van der Waals surface area contributed by atoms with Crippen molar-refractivity contribution in [2.75, 3.05) is 13.1 Å². The molecule has 154 valence electrons. The Bertz CT molecular complexity index is 1360. The lowest BCUT2D eigenvalue weighted by Crippen LogP contribution is -2.29. The van der Waals surface area contributed by atoms with Crippen LogP contribution in [0.2, 0.25) is 0 Å². The molecular weight excluding hydrogens is 402 g/mol. The Hall–Kier alpha value is -3.20. The molecule has 0 atom stereocenters. The summed E-state index contributed by atoms with van der Waals surface area (Å²) < 4.78 is 4.03. The Morgan fingerprint density at radius 1 is 1.17 bits per heavy atom. The van der Waals surface area contributed by atoms with Crippen LogP contribution in [0.25, 0.3) is 26.3 Å². The summed E-state index contributed by atoms with van der Waals surface area (Å²) in [5.41, 5.74) is 1.59. The first-order valence-electron chi connectivity index (χ1n) is 10.0. The molecule has 1 amide bonds. The standard InChI is InChI=1S/C21H21N5O3S/c1-13-19-15(12-18(28)25(13)11-5-10-24-9-4-8-17(24)27)23-26(20(19)29)21-22-14-6-2-3-7-16(14)30-21/h2-3,6-7,12,23H,4-5,8-11H2,1H3. The molecule has 4 aromatic rings. The monoisotopic (exact) mass is 423 g/mol. The second kappa shape index (κ2) is 7.24. The van der Waals surface area contributed by atoms with E-state index in [0.717, 1.165) is 23.2 Å². The fraction of sp³-hybridized carbons (Fsp3) is 0.333. The van der Waals surface area contributed by atoms with Gasteiger partial charge in [-0.05, 0) is 31.9 Å². The first-order chi connectivity index (χ1) is 14.5. The van der Waals surface area contributed by atoms with E-state index in [4.69, 9.17) is 0 Å². The molecule has 0 unspecified atom stereocenters. The van der Waals surface area contributed by atoms with Crippen LogP contribution in [0.15, 0.2) is 39.9 Å². The van der Waals surface area contributed by atoms with Crippen molar-refractivity contribution < 1.29 is 4.79 Å². The van der Waals surface area contributed by atoms with E-state index >= 15 is 0 Å². The quantitative estimate of drug-likeness (QED) is 0.534. The zero-order valence-electron chi connectivity index (χ0n) is 16.6. The van der Waals surface area contributed by atoms with E-state index in [1.54, 1.807) is 11.5 Å². The van der Waals surface area contributed by atoms with Gasteiger partial charge in [0, 0.05) is 37.8 Å². The minimum atomic E-state index is -0.218. The van der Waals surface area contributed by atoms with Gasteiger partial charge < -0.3 is 9.47 Å². The average molecular weight is 423 g/mol. The first kappa shape index (κ1) is 18.8. The van der Waals surface area contributed by atoms with Crippen LogP contribution in [0.4, 0.5) is 0 Å². The molecule has 30 heavy (non-hydrogen) atoms. The molecule has 0 saturated carbocycles. The Balaban J connectivity index is 1.50. The fourth-order valence-electron chi connectivity index (χ4n) is 4.14. The minimum absolute atomic E-state index is 0.162. The number of nitrogens with zero attached hydrogens (tertiary/aromatic N) is 4. The van der Waals surface area contributed by atoms with E-state index in [2.05, 4.69) is 10.1 Å². The summed E-state index contributed by atoms with van der Waals surface area (Å²) in [5.74, 6) is 0.180. The molecule has 0 radical (unpaired) electrons. The highest BCUT2D eigenvalue weighted by Crippen LogP contribution is 2.24. The number of aryl methyl sites for hydroxylation is 1. The van der Waals surface area contributed by atoms with Crippen LogP contribution in [0.5, 0.6) is 0 Å². The predicted molar refractivity (Wildman–Crippen MR) is 117 cm³/mol. The summed E-state index contributed by atoms with van der Waals surface area (Å²) in [5, 5.41) is 4.08. The number of benzene rings is 1. The van der Waals surface area contributed by atoms with Gasteiger partial charge in [-0.1, -0.05) is 23.5 Å². The van der Waals surface area contributed by atoms with Gasteiger partial charge in [-0.2, -0.15) is 4.68 Å². The number of aromatic nitrogens is 4. The summed E-state index contributed by atoms with van der Waals surface area (Å²) in [6, 6.07) is 9.18. The Kier molecular flexibility index (Phi) is 4.54. The summed E-state index contributed by atoms with van der Waals surface area (Å²) >= 11 is 1.42. The van der Waals surface area contributed by atoms with E-state index < -0.39 is 0 Å². The summed E-state index contributed by atoms with van der Waals surface area (Å²) in [7, 11) is 0. The Morgan fingerprint density at radius 3 is 2.77 bits per heavy atom. The van der Waals surface area contributed by atoms with E-state index in [1.807, 2.05) is 29.2 Å².